The number of carbonyl (C=O) groups excluding carboxylic acids is 1. The van der Waals surface area contributed by atoms with Crippen LogP contribution in [0.5, 0.6) is 5.75 Å². The van der Waals surface area contributed by atoms with Gasteiger partial charge in [-0.3, -0.25) is 14.9 Å². The molecule has 4 heterocycles. The topological polar surface area (TPSA) is 79.6 Å². The number of hydrazine groups is 1. The summed E-state index contributed by atoms with van der Waals surface area (Å²) < 4.78 is 12.8. The molecule has 46 heavy (non-hydrogen) atoms. The van der Waals surface area contributed by atoms with Crippen molar-refractivity contribution in [2.24, 2.45) is 13.0 Å². The molecule has 2 atom stereocenters. The van der Waals surface area contributed by atoms with Gasteiger partial charge in [-0.05, 0) is 87.7 Å². The summed E-state index contributed by atoms with van der Waals surface area (Å²) in [4.78, 5) is 16.0. The van der Waals surface area contributed by atoms with Crippen LogP contribution < -0.4 is 20.4 Å². The second-order valence-electron chi connectivity index (χ2n) is 14.0. The van der Waals surface area contributed by atoms with E-state index in [1.807, 2.05) is 26.5 Å². The smallest absolute Gasteiger partial charge is 0.349 e. The van der Waals surface area contributed by atoms with Crippen LogP contribution in [-0.4, -0.2) is 50.2 Å². The number of ether oxygens (including phenoxy) is 1. The van der Waals surface area contributed by atoms with Crippen molar-refractivity contribution >= 4 is 34.6 Å². The van der Waals surface area contributed by atoms with Crippen molar-refractivity contribution in [1.29, 1.82) is 0 Å². The summed E-state index contributed by atoms with van der Waals surface area (Å²) in [5.41, 5.74) is 11.2. The number of carbonyl (C=O) groups is 1. The van der Waals surface area contributed by atoms with Gasteiger partial charge in [-0.25, -0.2) is 10.2 Å². The molecule has 0 saturated heterocycles. The highest BCUT2D eigenvalue weighted by Gasteiger charge is 2.36. The standard InChI is InChI=1S/C36H47N7O2S/c1-23-11-10-14-30-33-32(26-12-8-7-9-13-26)29-16-15-28-17-31(29)42(33)20-27(21-45-34(23)30)24(2)38-36(3,4)39-43(35(44)41(28)6)46-22-25-18-37-40(5)19-25/h10-11,14-19,24,26-27,38-39H,7-9,12-13,20-22H2,1-6H3/t24?,27-/m0/s1. The van der Waals surface area contributed by atoms with E-state index in [-0.39, 0.29) is 18.0 Å². The number of benzene rings is 2. The van der Waals surface area contributed by atoms with Crippen LogP contribution in [-0.2, 0) is 19.3 Å². The minimum absolute atomic E-state index is 0.0819. The zero-order chi connectivity index (χ0) is 32.2. The molecule has 2 aromatic heterocycles. The third-order valence-electron chi connectivity index (χ3n) is 10.1. The van der Waals surface area contributed by atoms with E-state index >= 15 is 0 Å². The summed E-state index contributed by atoms with van der Waals surface area (Å²) in [5, 5.41) is 9.46. The Kier molecular flexibility index (Phi) is 8.32. The molecule has 9 nitrogen and oxygen atoms in total. The second-order valence-corrected chi connectivity index (χ2v) is 14.9. The number of para-hydroxylation sites is 1. The molecule has 2 aromatic carbocycles. The first kappa shape index (κ1) is 31.1. The van der Waals surface area contributed by atoms with Crippen molar-refractivity contribution in [3.8, 4) is 17.0 Å². The predicted octanol–water partition coefficient (Wildman–Crippen LogP) is 7.35. The van der Waals surface area contributed by atoms with Gasteiger partial charge in [0.25, 0.3) is 0 Å². The maximum Gasteiger partial charge on any atom is 0.349 e. The Morgan fingerprint density at radius 3 is 2.67 bits per heavy atom. The van der Waals surface area contributed by atoms with Crippen LogP contribution in [0.4, 0.5) is 10.5 Å². The highest BCUT2D eigenvalue weighted by molar-refractivity contribution is 7.96. The number of hydrogen-bond acceptors (Lipinski definition) is 6. The molecule has 244 valence electrons. The molecule has 2 aliphatic heterocycles. The number of nitrogens with one attached hydrogen (secondary N) is 2. The van der Waals surface area contributed by atoms with Gasteiger partial charge < -0.3 is 9.30 Å². The van der Waals surface area contributed by atoms with Crippen molar-refractivity contribution in [3.63, 3.8) is 0 Å². The maximum absolute atomic E-state index is 14.3. The van der Waals surface area contributed by atoms with E-state index in [4.69, 9.17) is 4.74 Å². The molecular weight excluding hydrogens is 595 g/mol. The average Bonchev–Trinajstić information content (AvgIpc) is 3.59. The molecule has 3 aliphatic rings. The fraction of sp³-hybridized carbons (Fsp3) is 0.500. The van der Waals surface area contributed by atoms with Crippen molar-refractivity contribution < 1.29 is 9.53 Å². The lowest BCUT2D eigenvalue weighted by Gasteiger charge is -2.39. The number of fused-ring (bicyclic) bond motifs is 4. The highest BCUT2D eigenvalue weighted by Crippen LogP contribution is 2.48. The Morgan fingerprint density at radius 2 is 1.91 bits per heavy atom. The SMILES string of the molecule is Cc1cccc2c1OC[C@@H]1Cn3c-2c(C2CCCCC2)c2ccc(cc23)N(C)C(=O)N(SCc2cnn(C)c2)NC(C)(C)NC1C. The summed E-state index contributed by atoms with van der Waals surface area (Å²) in [6.45, 7) is 10.0. The van der Waals surface area contributed by atoms with E-state index in [9.17, 15) is 4.79 Å². The molecule has 0 spiro atoms. The van der Waals surface area contributed by atoms with Crippen LogP contribution in [0.15, 0.2) is 48.8 Å². The van der Waals surface area contributed by atoms with E-state index in [0.29, 0.717) is 18.3 Å². The van der Waals surface area contributed by atoms with Crippen molar-refractivity contribution in [1.82, 2.24) is 29.5 Å². The number of aromatic nitrogens is 3. The van der Waals surface area contributed by atoms with Gasteiger partial charge >= 0.3 is 6.03 Å². The van der Waals surface area contributed by atoms with E-state index in [1.54, 1.807) is 14.0 Å². The molecule has 0 radical (unpaired) electrons. The van der Waals surface area contributed by atoms with Crippen molar-refractivity contribution in [2.75, 3.05) is 18.6 Å². The lowest BCUT2D eigenvalue weighted by atomic mass is 9.81. The molecule has 2 N–H and O–H groups in total. The minimum atomic E-state index is -0.594. The second kappa shape index (κ2) is 12.3. The maximum atomic E-state index is 14.3. The van der Waals surface area contributed by atoms with Gasteiger partial charge in [0.1, 0.15) is 5.75 Å². The summed E-state index contributed by atoms with van der Waals surface area (Å²) in [7, 11) is 3.79. The van der Waals surface area contributed by atoms with Gasteiger partial charge in [0.2, 0.25) is 0 Å². The van der Waals surface area contributed by atoms with Crippen LogP contribution in [0, 0.1) is 12.8 Å². The molecule has 2 amide bonds. The number of urea groups is 1. The van der Waals surface area contributed by atoms with E-state index < -0.39 is 5.66 Å². The Balaban J connectivity index is 1.40. The summed E-state index contributed by atoms with van der Waals surface area (Å²) >= 11 is 1.44. The first-order valence-electron chi connectivity index (χ1n) is 16.7. The van der Waals surface area contributed by atoms with Gasteiger partial charge in [-0.2, -0.15) is 9.51 Å². The van der Waals surface area contributed by atoms with Crippen LogP contribution in [0.3, 0.4) is 0 Å². The molecule has 4 aromatic rings. The number of amides is 2. The van der Waals surface area contributed by atoms with Gasteiger partial charge in [0.15, 0.2) is 0 Å². The van der Waals surface area contributed by atoms with E-state index in [0.717, 1.165) is 29.1 Å². The molecule has 4 bridgehead atoms. The Hall–Kier alpha value is -3.47. The van der Waals surface area contributed by atoms with Crippen LogP contribution in [0.25, 0.3) is 22.2 Å². The number of aryl methyl sites for hydroxylation is 2. The third kappa shape index (κ3) is 5.80. The van der Waals surface area contributed by atoms with Crippen molar-refractivity contribution in [3.05, 3.63) is 65.5 Å². The minimum Gasteiger partial charge on any atom is -0.492 e. The highest BCUT2D eigenvalue weighted by atomic mass is 32.2. The summed E-state index contributed by atoms with van der Waals surface area (Å²) in [6.07, 6.45) is 10.1. The first-order valence-corrected chi connectivity index (χ1v) is 17.7. The molecule has 10 heteroatoms. The lowest BCUT2D eigenvalue weighted by Crippen LogP contribution is -2.63. The van der Waals surface area contributed by atoms with Gasteiger partial charge in [-0.15, -0.1) is 0 Å². The summed E-state index contributed by atoms with van der Waals surface area (Å²) in [6, 6.07) is 13.2. The Labute approximate surface area is 276 Å². The zero-order valence-electron chi connectivity index (χ0n) is 28.0. The molecule has 1 unspecified atom stereocenters. The van der Waals surface area contributed by atoms with E-state index in [1.165, 1.54) is 71.8 Å². The molecular formula is C36H47N7O2S. The van der Waals surface area contributed by atoms with Gasteiger partial charge in [0, 0.05) is 66.8 Å². The normalized spacial score (nSPS) is 22.2. The number of hydrogen-bond donors (Lipinski definition) is 2. The monoisotopic (exact) mass is 641 g/mol. The molecule has 7 rings (SSSR count). The van der Waals surface area contributed by atoms with Crippen molar-refractivity contribution in [2.45, 2.75) is 89.7 Å². The Bertz CT molecular complexity index is 1750. The van der Waals surface area contributed by atoms with E-state index in [2.05, 4.69) is 84.5 Å². The number of anilines is 1. The predicted molar refractivity (Wildman–Crippen MR) is 187 cm³/mol. The van der Waals surface area contributed by atoms with Crippen LogP contribution in [0.2, 0.25) is 0 Å². The van der Waals surface area contributed by atoms with Gasteiger partial charge in [0.05, 0.1) is 29.7 Å². The third-order valence-corrected chi connectivity index (χ3v) is 11.0. The zero-order valence-corrected chi connectivity index (χ0v) is 28.8. The fourth-order valence-electron chi connectivity index (χ4n) is 7.71. The summed E-state index contributed by atoms with van der Waals surface area (Å²) in [5.74, 6) is 2.28. The lowest BCUT2D eigenvalue weighted by molar-refractivity contribution is 0.137. The first-order chi connectivity index (χ1) is 22.1. The van der Waals surface area contributed by atoms with Crippen LogP contribution in [0.1, 0.15) is 75.5 Å². The Morgan fingerprint density at radius 1 is 1.11 bits per heavy atom. The quantitative estimate of drug-likeness (QED) is 0.227. The fourth-order valence-corrected chi connectivity index (χ4v) is 8.66. The largest absolute Gasteiger partial charge is 0.492 e. The molecule has 1 aliphatic carbocycles. The number of rotatable bonds is 4. The van der Waals surface area contributed by atoms with Gasteiger partial charge in [-0.1, -0.05) is 37.5 Å². The number of nitrogens with zero attached hydrogens (tertiary/aromatic N) is 5. The molecule has 1 fully saturated rings. The average molecular weight is 642 g/mol. The molecule has 1 saturated carbocycles. The van der Waals surface area contributed by atoms with Crippen LogP contribution >= 0.6 is 11.9 Å².